The average molecular weight is 274 g/mol. The van der Waals surface area contributed by atoms with Crippen molar-refractivity contribution in [3.8, 4) is 0 Å². The van der Waals surface area contributed by atoms with Crippen molar-refractivity contribution in [3.05, 3.63) is 29.3 Å². The Labute approximate surface area is 122 Å². The van der Waals surface area contributed by atoms with E-state index >= 15 is 0 Å². The van der Waals surface area contributed by atoms with Gasteiger partial charge in [0, 0.05) is 30.4 Å². The smallest absolute Gasteiger partial charge is 0.123 e. The number of nitrogens with two attached hydrogens (primary N) is 1. The van der Waals surface area contributed by atoms with Crippen LogP contribution >= 0.6 is 0 Å². The number of nitrogen functional groups attached to an aromatic ring is 1. The van der Waals surface area contributed by atoms with Crippen molar-refractivity contribution in [1.82, 2.24) is 4.90 Å². The number of nitrogens with one attached hydrogen (secondary N) is 1. The lowest BCUT2D eigenvalue weighted by Crippen LogP contribution is -2.56. The summed E-state index contributed by atoms with van der Waals surface area (Å²) in [4.78, 5) is 4.68. The molecule has 1 aliphatic carbocycles. The van der Waals surface area contributed by atoms with Gasteiger partial charge in [0.1, 0.15) is 5.84 Å². The monoisotopic (exact) mass is 274 g/mol. The first kappa shape index (κ1) is 14.9. The Bertz CT molecular complexity index is 503. The maximum Gasteiger partial charge on any atom is 0.123 e. The second-order valence-electron chi connectivity index (χ2n) is 6.24. The van der Waals surface area contributed by atoms with Crippen LogP contribution in [0.2, 0.25) is 0 Å². The van der Waals surface area contributed by atoms with Crippen LogP contribution in [0.5, 0.6) is 0 Å². The van der Waals surface area contributed by atoms with E-state index in [9.17, 15) is 0 Å². The van der Waals surface area contributed by atoms with Crippen molar-refractivity contribution in [2.75, 3.05) is 32.6 Å². The summed E-state index contributed by atoms with van der Waals surface area (Å²) in [5.41, 5.74) is 8.98. The van der Waals surface area contributed by atoms with E-state index in [-0.39, 0.29) is 5.84 Å². The third-order valence-corrected chi connectivity index (χ3v) is 4.71. The van der Waals surface area contributed by atoms with Crippen LogP contribution in [0, 0.1) is 12.3 Å². The Kier molecular flexibility index (Phi) is 4.04. The Balaban J connectivity index is 2.15. The minimum Gasteiger partial charge on any atom is -0.384 e. The number of anilines is 1. The van der Waals surface area contributed by atoms with Crippen LogP contribution in [-0.4, -0.2) is 44.0 Å². The van der Waals surface area contributed by atoms with Crippen LogP contribution in [0.25, 0.3) is 0 Å². The standard InChI is InChI=1S/C16H26N4/c1-12-10-13(6-7-14(12)15(17)18)20(4)11-16(19(2)3)8-5-9-16/h6-7,10H,5,8-9,11H2,1-4H3,(H3,17,18). The molecule has 0 saturated heterocycles. The molecule has 0 aromatic heterocycles. The quantitative estimate of drug-likeness (QED) is 0.639. The molecule has 0 aliphatic heterocycles. The second kappa shape index (κ2) is 5.44. The zero-order valence-electron chi connectivity index (χ0n) is 13.0. The van der Waals surface area contributed by atoms with Gasteiger partial charge in [-0.3, -0.25) is 5.41 Å². The Morgan fingerprint density at radius 2 is 1.95 bits per heavy atom. The van der Waals surface area contributed by atoms with Gasteiger partial charge >= 0.3 is 0 Å². The van der Waals surface area contributed by atoms with Crippen molar-refractivity contribution in [3.63, 3.8) is 0 Å². The van der Waals surface area contributed by atoms with Crippen molar-refractivity contribution in [2.45, 2.75) is 31.7 Å². The minimum atomic E-state index is 0.139. The fourth-order valence-corrected chi connectivity index (χ4v) is 3.05. The summed E-state index contributed by atoms with van der Waals surface area (Å²) in [6.07, 6.45) is 3.87. The summed E-state index contributed by atoms with van der Waals surface area (Å²) in [7, 11) is 6.50. The van der Waals surface area contributed by atoms with Gasteiger partial charge in [0.25, 0.3) is 0 Å². The average Bonchev–Trinajstić information content (AvgIpc) is 2.32. The Hall–Kier alpha value is -1.55. The molecule has 0 heterocycles. The van der Waals surface area contributed by atoms with Crippen LogP contribution in [0.1, 0.15) is 30.4 Å². The van der Waals surface area contributed by atoms with E-state index in [4.69, 9.17) is 11.1 Å². The highest BCUT2D eigenvalue weighted by Gasteiger charge is 2.39. The fourth-order valence-electron chi connectivity index (χ4n) is 3.05. The fraction of sp³-hybridized carbons (Fsp3) is 0.562. The van der Waals surface area contributed by atoms with Crippen molar-refractivity contribution < 1.29 is 0 Å². The third-order valence-electron chi connectivity index (χ3n) is 4.71. The van der Waals surface area contributed by atoms with Gasteiger partial charge in [-0.15, -0.1) is 0 Å². The van der Waals surface area contributed by atoms with Crippen LogP contribution in [0.15, 0.2) is 18.2 Å². The topological polar surface area (TPSA) is 56.4 Å². The molecule has 0 atom stereocenters. The lowest BCUT2D eigenvalue weighted by atomic mass is 9.75. The number of hydrogen-bond donors (Lipinski definition) is 2. The molecule has 3 N–H and O–H groups in total. The van der Waals surface area contributed by atoms with Crippen molar-refractivity contribution in [1.29, 1.82) is 5.41 Å². The highest BCUT2D eigenvalue weighted by molar-refractivity contribution is 5.96. The predicted octanol–water partition coefficient (Wildman–Crippen LogP) is 2.20. The number of likely N-dealkylation sites (N-methyl/N-ethyl adjacent to an activating group) is 2. The highest BCUT2D eigenvalue weighted by Crippen LogP contribution is 2.37. The summed E-state index contributed by atoms with van der Waals surface area (Å²) < 4.78 is 0. The molecule has 1 fully saturated rings. The van der Waals surface area contributed by atoms with Gasteiger partial charge in [-0.1, -0.05) is 0 Å². The first-order valence-electron chi connectivity index (χ1n) is 7.19. The van der Waals surface area contributed by atoms with Crippen molar-refractivity contribution >= 4 is 11.5 Å². The largest absolute Gasteiger partial charge is 0.384 e. The van der Waals surface area contributed by atoms with E-state index in [0.717, 1.165) is 17.7 Å². The van der Waals surface area contributed by atoms with E-state index in [1.165, 1.54) is 24.9 Å². The van der Waals surface area contributed by atoms with Gasteiger partial charge in [0.05, 0.1) is 0 Å². The molecule has 0 spiro atoms. The molecule has 0 bridgehead atoms. The molecular weight excluding hydrogens is 248 g/mol. The molecule has 2 rings (SSSR count). The molecule has 1 aliphatic rings. The molecule has 1 aromatic rings. The summed E-state index contributed by atoms with van der Waals surface area (Å²) in [6.45, 7) is 3.05. The van der Waals surface area contributed by atoms with E-state index < -0.39 is 0 Å². The molecule has 1 aromatic carbocycles. The van der Waals surface area contributed by atoms with Gasteiger partial charge in [-0.25, -0.2) is 0 Å². The van der Waals surface area contributed by atoms with Crippen molar-refractivity contribution in [2.24, 2.45) is 5.73 Å². The Morgan fingerprint density at radius 1 is 1.30 bits per heavy atom. The van der Waals surface area contributed by atoms with Gasteiger partial charge in [0.2, 0.25) is 0 Å². The molecule has 0 radical (unpaired) electrons. The number of benzene rings is 1. The lowest BCUT2D eigenvalue weighted by molar-refractivity contribution is 0.0683. The molecule has 4 nitrogen and oxygen atoms in total. The third kappa shape index (κ3) is 2.66. The van der Waals surface area contributed by atoms with Crippen LogP contribution in [-0.2, 0) is 0 Å². The summed E-state index contributed by atoms with van der Waals surface area (Å²) >= 11 is 0. The predicted molar refractivity (Wildman–Crippen MR) is 85.7 cm³/mol. The molecule has 20 heavy (non-hydrogen) atoms. The van der Waals surface area contributed by atoms with E-state index in [2.05, 4.69) is 43.1 Å². The summed E-state index contributed by atoms with van der Waals surface area (Å²) in [5, 5.41) is 7.55. The highest BCUT2D eigenvalue weighted by atomic mass is 15.2. The zero-order chi connectivity index (χ0) is 14.9. The number of rotatable bonds is 5. The van der Waals surface area contributed by atoms with E-state index in [0.29, 0.717) is 5.54 Å². The van der Waals surface area contributed by atoms with E-state index in [1.807, 2.05) is 13.0 Å². The minimum absolute atomic E-state index is 0.139. The first-order valence-corrected chi connectivity index (χ1v) is 7.19. The number of amidine groups is 1. The number of nitrogens with zero attached hydrogens (tertiary/aromatic N) is 2. The SMILES string of the molecule is Cc1cc(N(C)CC2(N(C)C)CCC2)ccc1C(=N)N. The van der Waals surface area contributed by atoms with Crippen LogP contribution in [0.4, 0.5) is 5.69 Å². The molecule has 1 saturated carbocycles. The van der Waals surface area contributed by atoms with Gasteiger partial charge in [0.15, 0.2) is 0 Å². The van der Waals surface area contributed by atoms with Gasteiger partial charge in [-0.05, 0) is 64.0 Å². The van der Waals surface area contributed by atoms with Crippen LogP contribution < -0.4 is 10.6 Å². The normalized spacial score (nSPS) is 16.9. The zero-order valence-corrected chi connectivity index (χ0v) is 13.0. The number of hydrogen-bond acceptors (Lipinski definition) is 3. The van der Waals surface area contributed by atoms with E-state index in [1.54, 1.807) is 0 Å². The number of aryl methyl sites for hydroxylation is 1. The Morgan fingerprint density at radius 3 is 2.35 bits per heavy atom. The summed E-state index contributed by atoms with van der Waals surface area (Å²) in [5.74, 6) is 0.139. The molecule has 0 unspecified atom stereocenters. The van der Waals surface area contributed by atoms with Gasteiger partial charge in [-0.2, -0.15) is 0 Å². The maximum atomic E-state index is 7.55. The maximum absolute atomic E-state index is 7.55. The molecule has 0 amide bonds. The molecule has 4 heteroatoms. The summed E-state index contributed by atoms with van der Waals surface area (Å²) in [6, 6.07) is 6.14. The lowest BCUT2D eigenvalue weighted by Gasteiger charge is -2.49. The second-order valence-corrected chi connectivity index (χ2v) is 6.24. The first-order chi connectivity index (χ1) is 9.35. The molecule has 110 valence electrons. The van der Waals surface area contributed by atoms with Crippen LogP contribution in [0.3, 0.4) is 0 Å². The van der Waals surface area contributed by atoms with Gasteiger partial charge < -0.3 is 15.5 Å². The molecular formula is C16H26N4.